The first-order valence-corrected chi connectivity index (χ1v) is 7.64. The number of rotatable bonds is 5. The summed E-state index contributed by atoms with van der Waals surface area (Å²) in [5.41, 5.74) is 3.25. The van der Waals surface area contributed by atoms with Gasteiger partial charge in [-0.1, -0.05) is 30.2 Å². The fraction of sp³-hybridized carbons (Fsp3) is 0.200. The Morgan fingerprint density at radius 3 is 2.29 bits per heavy atom. The number of fused-ring (bicyclic) bond motifs is 1. The number of para-hydroxylation sites is 1. The van der Waals surface area contributed by atoms with Gasteiger partial charge in [0.15, 0.2) is 5.78 Å². The molecule has 0 unspecified atom stereocenters. The Balaban J connectivity index is 0.000000282. The van der Waals surface area contributed by atoms with Crippen molar-refractivity contribution in [2.45, 2.75) is 19.8 Å². The van der Waals surface area contributed by atoms with E-state index in [9.17, 15) is 14.7 Å². The van der Waals surface area contributed by atoms with Crippen molar-refractivity contribution in [2.75, 3.05) is 6.61 Å². The quantitative estimate of drug-likeness (QED) is 0.443. The van der Waals surface area contributed by atoms with Crippen molar-refractivity contribution < 1.29 is 19.4 Å². The molecule has 0 saturated carbocycles. The van der Waals surface area contributed by atoms with Crippen LogP contribution < -0.4 is 0 Å². The SMILES string of the molecule is C#Cc1cccc(C(=O)CCC(=O)OCC)c1O.c1cc2cc-2c1. The van der Waals surface area contributed by atoms with Crippen LogP contribution in [0.1, 0.15) is 35.7 Å². The van der Waals surface area contributed by atoms with Crippen molar-refractivity contribution in [3.05, 3.63) is 53.6 Å². The molecule has 24 heavy (non-hydrogen) atoms. The summed E-state index contributed by atoms with van der Waals surface area (Å²) in [6.07, 6.45) is 5.16. The molecule has 0 atom stereocenters. The number of hydrogen-bond acceptors (Lipinski definition) is 4. The fourth-order valence-electron chi connectivity index (χ4n) is 2.14. The summed E-state index contributed by atoms with van der Waals surface area (Å²) in [4.78, 5) is 22.9. The normalized spacial score (nSPS) is 10.0. The smallest absolute Gasteiger partial charge is 0.306 e. The van der Waals surface area contributed by atoms with Crippen molar-refractivity contribution in [2.24, 2.45) is 0 Å². The molecule has 2 aliphatic rings. The predicted molar refractivity (Wildman–Crippen MR) is 91.7 cm³/mol. The van der Waals surface area contributed by atoms with Crippen LogP contribution in [0, 0.1) is 12.3 Å². The second-order valence-corrected chi connectivity index (χ2v) is 5.16. The molecule has 0 radical (unpaired) electrons. The van der Waals surface area contributed by atoms with Crippen LogP contribution in [0.2, 0.25) is 0 Å². The molecule has 4 heteroatoms. The Morgan fingerprint density at radius 1 is 1.12 bits per heavy atom. The van der Waals surface area contributed by atoms with E-state index in [0.717, 1.165) is 0 Å². The highest BCUT2D eigenvalue weighted by molar-refractivity contribution is 6.00. The van der Waals surface area contributed by atoms with Gasteiger partial charge in [-0.2, -0.15) is 0 Å². The molecule has 0 bridgehead atoms. The van der Waals surface area contributed by atoms with Gasteiger partial charge >= 0.3 is 5.97 Å². The number of esters is 1. The Kier molecular flexibility index (Phi) is 5.75. The van der Waals surface area contributed by atoms with E-state index >= 15 is 0 Å². The van der Waals surface area contributed by atoms with Gasteiger partial charge in [0.05, 0.1) is 24.2 Å². The van der Waals surface area contributed by atoms with Gasteiger partial charge in [-0.3, -0.25) is 9.59 Å². The van der Waals surface area contributed by atoms with Crippen LogP contribution in [-0.2, 0) is 9.53 Å². The summed E-state index contributed by atoms with van der Waals surface area (Å²) < 4.78 is 4.72. The average Bonchev–Trinajstić information content (AvgIpc) is 3.19. The number of terminal acetylenes is 1. The molecule has 0 aromatic heterocycles. The maximum Gasteiger partial charge on any atom is 0.306 e. The molecular weight excluding hydrogens is 304 g/mol. The summed E-state index contributed by atoms with van der Waals surface area (Å²) >= 11 is 0. The second-order valence-electron chi connectivity index (χ2n) is 5.16. The molecule has 3 rings (SSSR count). The lowest BCUT2D eigenvalue weighted by Gasteiger charge is -2.05. The number of aromatic hydroxyl groups is 1. The summed E-state index contributed by atoms with van der Waals surface area (Å²) in [5, 5.41) is 9.75. The molecule has 0 heterocycles. The standard InChI is InChI=1S/C14H14O4.C6H4/c1-3-10-6-5-7-11(14(10)17)12(15)8-9-13(16)18-4-2;1-2-5-4-6(5)3-1/h1,5-7,17H,4,8-9H2,2H3;1-4H. The number of benzene rings is 2. The molecule has 0 fully saturated rings. The maximum absolute atomic E-state index is 11.8. The maximum atomic E-state index is 11.8. The lowest BCUT2D eigenvalue weighted by atomic mass is 10.0. The van der Waals surface area contributed by atoms with Crippen LogP contribution in [0.25, 0.3) is 11.1 Å². The molecule has 2 aliphatic carbocycles. The van der Waals surface area contributed by atoms with E-state index in [0.29, 0.717) is 0 Å². The van der Waals surface area contributed by atoms with Gasteiger partial charge in [-0.05, 0) is 36.2 Å². The summed E-state index contributed by atoms with van der Waals surface area (Å²) in [5.74, 6) is 1.30. The zero-order valence-corrected chi connectivity index (χ0v) is 13.4. The van der Waals surface area contributed by atoms with E-state index in [1.165, 1.54) is 23.3 Å². The molecule has 1 N–H and O–H groups in total. The van der Waals surface area contributed by atoms with E-state index in [1.54, 1.807) is 13.0 Å². The molecule has 0 spiro atoms. The van der Waals surface area contributed by atoms with Gasteiger partial charge < -0.3 is 9.84 Å². The number of carbonyl (C=O) groups is 2. The van der Waals surface area contributed by atoms with Crippen LogP contribution in [0.15, 0.2) is 42.5 Å². The summed E-state index contributed by atoms with van der Waals surface area (Å²) in [6.45, 7) is 1.98. The highest BCUT2D eigenvalue weighted by Gasteiger charge is 2.15. The number of hydrogen-bond donors (Lipinski definition) is 1. The third-order valence-corrected chi connectivity index (χ3v) is 3.47. The number of ketones is 1. The third-order valence-electron chi connectivity index (χ3n) is 3.47. The van der Waals surface area contributed by atoms with Crippen LogP contribution in [0.3, 0.4) is 0 Å². The third kappa shape index (κ3) is 4.47. The molecule has 122 valence electrons. The van der Waals surface area contributed by atoms with Crippen molar-refractivity contribution in [3.63, 3.8) is 0 Å². The Hall–Kier alpha value is -3.06. The summed E-state index contributed by atoms with van der Waals surface area (Å²) in [6, 6.07) is 13.1. The monoisotopic (exact) mass is 322 g/mol. The number of ether oxygens (including phenoxy) is 1. The van der Waals surface area contributed by atoms with Crippen molar-refractivity contribution in [3.8, 4) is 29.2 Å². The van der Waals surface area contributed by atoms with Crippen LogP contribution >= 0.6 is 0 Å². The molecule has 4 nitrogen and oxygen atoms in total. The Bertz CT molecular complexity index is 782. The van der Waals surface area contributed by atoms with E-state index in [-0.39, 0.29) is 42.1 Å². The van der Waals surface area contributed by atoms with Crippen molar-refractivity contribution in [1.29, 1.82) is 0 Å². The highest BCUT2D eigenvalue weighted by Crippen LogP contribution is 2.32. The number of Topliss-reactive ketones (excluding diaryl/α,β-unsaturated/α-hetero) is 1. The van der Waals surface area contributed by atoms with Gasteiger partial charge in [-0.15, -0.1) is 6.42 Å². The van der Waals surface area contributed by atoms with Crippen molar-refractivity contribution >= 4 is 11.8 Å². The first-order chi connectivity index (χ1) is 11.6. The Morgan fingerprint density at radius 2 is 1.79 bits per heavy atom. The molecule has 0 aliphatic heterocycles. The van der Waals surface area contributed by atoms with Crippen LogP contribution in [0.4, 0.5) is 0 Å². The fourth-order valence-corrected chi connectivity index (χ4v) is 2.14. The number of phenolic OH excluding ortho intramolecular Hbond substituents is 1. The van der Waals surface area contributed by atoms with E-state index in [4.69, 9.17) is 11.2 Å². The first-order valence-electron chi connectivity index (χ1n) is 7.64. The van der Waals surface area contributed by atoms with Crippen LogP contribution in [-0.4, -0.2) is 23.5 Å². The topological polar surface area (TPSA) is 63.6 Å². The molecule has 0 amide bonds. The lowest BCUT2D eigenvalue weighted by Crippen LogP contribution is -2.08. The van der Waals surface area contributed by atoms with Crippen LogP contribution in [0.5, 0.6) is 5.75 Å². The minimum absolute atomic E-state index is 0.00755. The second kappa shape index (κ2) is 7.98. The largest absolute Gasteiger partial charge is 0.506 e. The van der Waals surface area contributed by atoms with Crippen molar-refractivity contribution in [1.82, 2.24) is 0 Å². The minimum atomic E-state index is -0.432. The van der Waals surface area contributed by atoms with E-state index in [1.807, 2.05) is 0 Å². The lowest BCUT2D eigenvalue weighted by molar-refractivity contribution is -0.143. The highest BCUT2D eigenvalue weighted by atomic mass is 16.5. The number of carbonyl (C=O) groups excluding carboxylic acids is 2. The molecule has 1 aromatic rings. The van der Waals surface area contributed by atoms with Gasteiger partial charge in [-0.25, -0.2) is 0 Å². The van der Waals surface area contributed by atoms with E-state index in [2.05, 4.69) is 30.2 Å². The minimum Gasteiger partial charge on any atom is -0.506 e. The molecule has 0 saturated heterocycles. The number of phenols is 1. The van der Waals surface area contributed by atoms with Gasteiger partial charge in [0.1, 0.15) is 5.75 Å². The average molecular weight is 322 g/mol. The predicted octanol–water partition coefficient (Wildman–Crippen LogP) is 3.57. The van der Waals surface area contributed by atoms with Gasteiger partial charge in [0.25, 0.3) is 0 Å². The molecule has 1 aromatic carbocycles. The Labute approximate surface area is 141 Å². The van der Waals surface area contributed by atoms with Gasteiger partial charge in [0, 0.05) is 6.42 Å². The van der Waals surface area contributed by atoms with E-state index < -0.39 is 5.97 Å². The zero-order valence-electron chi connectivity index (χ0n) is 13.4. The zero-order chi connectivity index (χ0) is 17.5. The summed E-state index contributed by atoms with van der Waals surface area (Å²) in [7, 11) is 0. The molecular formula is C20H18O4. The van der Waals surface area contributed by atoms with Gasteiger partial charge in [0.2, 0.25) is 0 Å². The first kappa shape index (κ1) is 17.3.